The standard InChI is InChI=1S/C16H15N4/c1-11-18-13-6-4-8-15(16(13)19-11)20-10-9-17-12-5-2-3-7-14(12)20/h2-8,17H,9-10H2,1H3. The van der Waals surface area contributed by atoms with Crippen LogP contribution in [-0.4, -0.2) is 18.9 Å². The zero-order chi connectivity index (χ0) is 13.5. The van der Waals surface area contributed by atoms with E-state index in [1.807, 2.05) is 13.0 Å². The van der Waals surface area contributed by atoms with E-state index in [-0.39, 0.29) is 0 Å². The third-order valence-electron chi connectivity index (χ3n) is 3.69. The molecule has 2 aliphatic heterocycles. The Hall–Kier alpha value is -2.49. The van der Waals surface area contributed by atoms with E-state index in [4.69, 9.17) is 0 Å². The van der Waals surface area contributed by atoms with Gasteiger partial charge in [-0.05, 0) is 31.2 Å². The molecule has 4 nitrogen and oxygen atoms in total. The lowest BCUT2D eigenvalue weighted by Gasteiger charge is -2.32. The van der Waals surface area contributed by atoms with Crippen LogP contribution >= 0.6 is 0 Å². The molecular formula is C16H15N4. The minimum atomic E-state index is 0.830. The number of anilines is 3. The fourth-order valence-corrected chi connectivity index (χ4v) is 2.83. The van der Waals surface area contributed by atoms with Crippen molar-refractivity contribution in [1.29, 1.82) is 0 Å². The van der Waals surface area contributed by atoms with Crippen LogP contribution in [0.5, 0.6) is 0 Å². The van der Waals surface area contributed by atoms with Crippen molar-refractivity contribution in [3.05, 3.63) is 42.5 Å². The molecule has 1 radical (unpaired) electrons. The normalized spacial score (nSPS) is 15.8. The molecule has 1 N–H and O–H groups in total. The van der Waals surface area contributed by atoms with Crippen LogP contribution in [0.15, 0.2) is 47.5 Å². The Kier molecular flexibility index (Phi) is 2.42. The van der Waals surface area contributed by atoms with Gasteiger partial charge in [0, 0.05) is 13.1 Å². The molecule has 99 valence electrons. The molecule has 0 spiro atoms. The van der Waals surface area contributed by atoms with E-state index >= 15 is 0 Å². The summed E-state index contributed by atoms with van der Waals surface area (Å²) in [6.07, 6.45) is 0. The van der Waals surface area contributed by atoms with Gasteiger partial charge in [0.25, 0.3) is 0 Å². The van der Waals surface area contributed by atoms with Crippen molar-refractivity contribution in [2.24, 2.45) is 4.99 Å². The van der Waals surface area contributed by atoms with E-state index in [1.54, 1.807) is 0 Å². The van der Waals surface area contributed by atoms with Crippen LogP contribution in [0.2, 0.25) is 0 Å². The molecule has 2 aliphatic rings. The molecule has 2 heterocycles. The van der Waals surface area contributed by atoms with Crippen LogP contribution in [0, 0.1) is 0 Å². The Balaban J connectivity index is 1.86. The third-order valence-corrected chi connectivity index (χ3v) is 3.69. The van der Waals surface area contributed by atoms with Crippen LogP contribution in [0.25, 0.3) is 0 Å². The number of amidine groups is 1. The Morgan fingerprint density at radius 1 is 1.05 bits per heavy atom. The minimum Gasteiger partial charge on any atom is -0.382 e. The summed E-state index contributed by atoms with van der Waals surface area (Å²) in [5.41, 5.74) is 5.47. The second kappa shape index (κ2) is 4.27. The monoisotopic (exact) mass is 263 g/mol. The van der Waals surface area contributed by atoms with Gasteiger partial charge >= 0.3 is 0 Å². The number of aliphatic imine (C=N–C) groups is 1. The highest BCUT2D eigenvalue weighted by atomic mass is 15.2. The number of nitrogens with one attached hydrogen (secondary N) is 1. The number of para-hydroxylation sites is 3. The molecule has 0 unspecified atom stereocenters. The van der Waals surface area contributed by atoms with Gasteiger partial charge in [-0.25, -0.2) is 10.3 Å². The first kappa shape index (κ1) is 11.3. The quantitative estimate of drug-likeness (QED) is 0.855. The molecular weight excluding hydrogens is 248 g/mol. The van der Waals surface area contributed by atoms with Crippen molar-refractivity contribution in [2.45, 2.75) is 6.92 Å². The predicted molar refractivity (Wildman–Crippen MR) is 82.9 cm³/mol. The molecule has 0 amide bonds. The fourth-order valence-electron chi connectivity index (χ4n) is 2.83. The van der Waals surface area contributed by atoms with Crippen molar-refractivity contribution in [2.75, 3.05) is 23.3 Å². The summed E-state index contributed by atoms with van der Waals surface area (Å²) < 4.78 is 0. The summed E-state index contributed by atoms with van der Waals surface area (Å²) in [5.74, 6) is 0.830. The predicted octanol–water partition coefficient (Wildman–Crippen LogP) is 3.55. The highest BCUT2D eigenvalue weighted by Crippen LogP contribution is 2.44. The van der Waals surface area contributed by atoms with E-state index in [0.29, 0.717) is 0 Å². The molecule has 0 bridgehead atoms. The molecule has 20 heavy (non-hydrogen) atoms. The molecule has 2 aromatic carbocycles. The molecule has 0 aliphatic carbocycles. The van der Waals surface area contributed by atoms with Gasteiger partial charge in [0.05, 0.1) is 22.7 Å². The van der Waals surface area contributed by atoms with Gasteiger partial charge in [-0.3, -0.25) is 0 Å². The Bertz CT molecular complexity index is 705. The molecule has 0 aromatic heterocycles. The third kappa shape index (κ3) is 1.65. The average molecular weight is 263 g/mol. The zero-order valence-corrected chi connectivity index (χ0v) is 11.3. The average Bonchev–Trinajstić information content (AvgIpc) is 2.87. The van der Waals surface area contributed by atoms with E-state index in [2.05, 4.69) is 56.9 Å². The minimum absolute atomic E-state index is 0.830. The second-order valence-electron chi connectivity index (χ2n) is 5.01. The van der Waals surface area contributed by atoms with E-state index < -0.39 is 0 Å². The Labute approximate surface area is 118 Å². The number of hydrogen-bond acceptors (Lipinski definition) is 3. The molecule has 0 fully saturated rings. The van der Waals surface area contributed by atoms with E-state index in [9.17, 15) is 0 Å². The van der Waals surface area contributed by atoms with Crippen molar-refractivity contribution in [1.82, 2.24) is 5.32 Å². The number of benzene rings is 2. The smallest absolute Gasteiger partial charge is 0.126 e. The molecule has 2 aromatic rings. The van der Waals surface area contributed by atoms with Gasteiger partial charge in [0.1, 0.15) is 11.5 Å². The Morgan fingerprint density at radius 2 is 1.90 bits per heavy atom. The van der Waals surface area contributed by atoms with Gasteiger partial charge in [-0.1, -0.05) is 18.2 Å². The maximum Gasteiger partial charge on any atom is 0.126 e. The van der Waals surface area contributed by atoms with E-state index in [0.717, 1.165) is 36.0 Å². The van der Waals surface area contributed by atoms with Crippen LogP contribution in [-0.2, 0) is 0 Å². The van der Waals surface area contributed by atoms with Crippen LogP contribution in [0.1, 0.15) is 6.92 Å². The number of nitrogens with zero attached hydrogens (tertiary/aromatic N) is 3. The highest BCUT2D eigenvalue weighted by molar-refractivity contribution is 6.00. The first-order chi connectivity index (χ1) is 9.83. The van der Waals surface area contributed by atoms with Gasteiger partial charge in [0.2, 0.25) is 0 Å². The second-order valence-corrected chi connectivity index (χ2v) is 5.01. The molecule has 4 heteroatoms. The number of hydrogen-bond donors (Lipinski definition) is 1. The summed E-state index contributed by atoms with van der Waals surface area (Å²) in [7, 11) is 0. The van der Waals surface area contributed by atoms with Crippen LogP contribution < -0.4 is 15.5 Å². The first-order valence-corrected chi connectivity index (χ1v) is 6.83. The number of rotatable bonds is 1. The van der Waals surface area contributed by atoms with Crippen molar-refractivity contribution >= 4 is 34.3 Å². The summed E-state index contributed by atoms with van der Waals surface area (Å²) in [4.78, 5) is 6.91. The lowest BCUT2D eigenvalue weighted by molar-refractivity contribution is 0.927. The maximum absolute atomic E-state index is 4.59. The van der Waals surface area contributed by atoms with Crippen molar-refractivity contribution in [3.63, 3.8) is 0 Å². The largest absolute Gasteiger partial charge is 0.382 e. The van der Waals surface area contributed by atoms with Crippen LogP contribution in [0.3, 0.4) is 0 Å². The molecule has 0 saturated heterocycles. The zero-order valence-electron chi connectivity index (χ0n) is 11.3. The van der Waals surface area contributed by atoms with Crippen molar-refractivity contribution in [3.8, 4) is 0 Å². The maximum atomic E-state index is 4.59. The fraction of sp³-hybridized carbons (Fsp3) is 0.188. The summed E-state index contributed by atoms with van der Waals surface area (Å²) >= 11 is 0. The summed E-state index contributed by atoms with van der Waals surface area (Å²) in [6, 6.07) is 14.6. The Morgan fingerprint density at radius 3 is 2.85 bits per heavy atom. The van der Waals surface area contributed by atoms with Crippen molar-refractivity contribution < 1.29 is 0 Å². The lowest BCUT2D eigenvalue weighted by atomic mass is 10.1. The number of fused-ring (bicyclic) bond motifs is 2. The topological polar surface area (TPSA) is 41.7 Å². The van der Waals surface area contributed by atoms with Gasteiger partial charge in [-0.2, -0.15) is 0 Å². The van der Waals surface area contributed by atoms with E-state index in [1.165, 1.54) is 11.4 Å². The lowest BCUT2D eigenvalue weighted by Crippen LogP contribution is -2.30. The van der Waals surface area contributed by atoms with Gasteiger partial charge in [-0.15, -0.1) is 0 Å². The van der Waals surface area contributed by atoms with Gasteiger partial charge < -0.3 is 10.2 Å². The molecule has 4 rings (SSSR count). The SMILES string of the molecule is CC1=Nc2c(cccc2N2CCNc3ccccc32)[N]1. The molecule has 0 atom stereocenters. The first-order valence-electron chi connectivity index (χ1n) is 6.83. The summed E-state index contributed by atoms with van der Waals surface area (Å²) in [5, 5.41) is 7.91. The van der Waals surface area contributed by atoms with Gasteiger partial charge in [0.15, 0.2) is 0 Å². The highest BCUT2D eigenvalue weighted by Gasteiger charge is 2.23. The summed E-state index contributed by atoms with van der Waals surface area (Å²) in [6.45, 7) is 3.80. The van der Waals surface area contributed by atoms with Crippen LogP contribution in [0.4, 0.5) is 28.4 Å². The molecule has 0 saturated carbocycles.